The van der Waals surface area contributed by atoms with Gasteiger partial charge in [-0.3, -0.25) is 4.79 Å². The van der Waals surface area contributed by atoms with Crippen molar-refractivity contribution in [2.24, 2.45) is 12.1 Å². The molecule has 0 aliphatic rings. The SMILES string of the molecule is COc1ccccc1NCC(=O)NN=Cc1c(C)n(C)c2ccccc12. The molecule has 134 valence electrons. The van der Waals surface area contributed by atoms with E-state index >= 15 is 0 Å². The highest BCUT2D eigenvalue weighted by Crippen LogP contribution is 2.23. The lowest BCUT2D eigenvalue weighted by Gasteiger charge is -2.09. The van der Waals surface area contributed by atoms with Crippen LogP contribution in [0.25, 0.3) is 10.9 Å². The number of amides is 1. The van der Waals surface area contributed by atoms with E-state index in [4.69, 9.17) is 4.74 Å². The molecule has 0 saturated heterocycles. The number of benzene rings is 2. The van der Waals surface area contributed by atoms with Crippen molar-refractivity contribution in [2.75, 3.05) is 19.0 Å². The van der Waals surface area contributed by atoms with E-state index in [2.05, 4.69) is 32.5 Å². The molecule has 1 heterocycles. The van der Waals surface area contributed by atoms with Crippen molar-refractivity contribution in [2.45, 2.75) is 6.92 Å². The number of ether oxygens (including phenoxy) is 1. The van der Waals surface area contributed by atoms with Gasteiger partial charge in [-0.1, -0.05) is 30.3 Å². The van der Waals surface area contributed by atoms with Gasteiger partial charge in [0, 0.05) is 29.2 Å². The molecule has 0 unspecified atom stereocenters. The number of aryl methyl sites for hydroxylation is 1. The molecule has 1 amide bonds. The van der Waals surface area contributed by atoms with E-state index in [1.54, 1.807) is 13.3 Å². The number of para-hydroxylation sites is 3. The summed E-state index contributed by atoms with van der Waals surface area (Å²) in [5.41, 5.74) is 6.55. The Balaban J connectivity index is 1.64. The zero-order valence-corrected chi connectivity index (χ0v) is 15.1. The summed E-state index contributed by atoms with van der Waals surface area (Å²) in [6.07, 6.45) is 1.69. The van der Waals surface area contributed by atoms with Gasteiger partial charge in [-0.2, -0.15) is 5.10 Å². The molecular weight excluding hydrogens is 328 g/mol. The van der Waals surface area contributed by atoms with Gasteiger partial charge in [0.15, 0.2) is 0 Å². The Labute approximate surface area is 152 Å². The average Bonchev–Trinajstić information content (AvgIpc) is 2.91. The highest BCUT2D eigenvalue weighted by molar-refractivity contribution is 6.01. The van der Waals surface area contributed by atoms with E-state index < -0.39 is 0 Å². The second kappa shape index (κ2) is 7.74. The molecule has 0 spiro atoms. The van der Waals surface area contributed by atoms with E-state index in [1.165, 1.54) is 0 Å². The number of nitrogens with zero attached hydrogens (tertiary/aromatic N) is 2. The molecule has 26 heavy (non-hydrogen) atoms. The van der Waals surface area contributed by atoms with Gasteiger partial charge in [0.25, 0.3) is 5.91 Å². The monoisotopic (exact) mass is 350 g/mol. The molecule has 0 bridgehead atoms. The Hall–Kier alpha value is -3.28. The van der Waals surface area contributed by atoms with E-state index in [1.807, 2.05) is 50.4 Å². The minimum Gasteiger partial charge on any atom is -0.495 e. The first-order valence-corrected chi connectivity index (χ1v) is 8.34. The number of carbonyl (C=O) groups is 1. The van der Waals surface area contributed by atoms with Crippen LogP contribution in [0.15, 0.2) is 53.6 Å². The predicted octanol–water partition coefficient (Wildman–Crippen LogP) is 3.06. The quantitative estimate of drug-likeness (QED) is 0.530. The van der Waals surface area contributed by atoms with Crippen LogP contribution in [-0.4, -0.2) is 30.3 Å². The Kier molecular flexibility index (Phi) is 5.22. The van der Waals surface area contributed by atoms with Crippen LogP contribution < -0.4 is 15.5 Å². The van der Waals surface area contributed by atoms with Gasteiger partial charge in [-0.25, -0.2) is 5.43 Å². The molecular formula is C20H22N4O2. The lowest BCUT2D eigenvalue weighted by molar-refractivity contribution is -0.119. The summed E-state index contributed by atoms with van der Waals surface area (Å²) in [5.74, 6) is 0.459. The number of hydrogen-bond acceptors (Lipinski definition) is 4. The third-order valence-corrected chi connectivity index (χ3v) is 4.38. The number of rotatable bonds is 6. The Morgan fingerprint density at radius 2 is 1.92 bits per heavy atom. The molecule has 1 aromatic heterocycles. The fourth-order valence-electron chi connectivity index (χ4n) is 2.89. The number of hydrogen-bond donors (Lipinski definition) is 2. The summed E-state index contributed by atoms with van der Waals surface area (Å²) in [4.78, 5) is 12.0. The molecule has 0 fully saturated rings. The standard InChI is InChI=1S/C20H22N4O2/c1-14-16(15-8-4-6-10-18(15)24(14)2)12-22-23-20(25)13-21-17-9-5-7-11-19(17)26-3/h4-12,21H,13H2,1-3H3,(H,23,25). The minimum absolute atomic E-state index is 0.103. The maximum atomic E-state index is 12.0. The smallest absolute Gasteiger partial charge is 0.259 e. The maximum Gasteiger partial charge on any atom is 0.259 e. The number of nitrogens with one attached hydrogen (secondary N) is 2. The van der Waals surface area contributed by atoms with Crippen LogP contribution in [0.4, 0.5) is 5.69 Å². The van der Waals surface area contributed by atoms with E-state index in [-0.39, 0.29) is 12.5 Å². The summed E-state index contributed by atoms with van der Waals surface area (Å²) >= 11 is 0. The Morgan fingerprint density at radius 3 is 2.73 bits per heavy atom. The fraction of sp³-hybridized carbons (Fsp3) is 0.200. The van der Waals surface area contributed by atoms with Crippen LogP contribution in [0.3, 0.4) is 0 Å². The summed E-state index contributed by atoms with van der Waals surface area (Å²) in [6.45, 7) is 2.14. The van der Waals surface area contributed by atoms with Crippen molar-refractivity contribution in [3.05, 3.63) is 59.8 Å². The molecule has 2 aromatic carbocycles. The molecule has 6 nitrogen and oxygen atoms in total. The van der Waals surface area contributed by atoms with Gasteiger partial charge in [0.2, 0.25) is 0 Å². The zero-order valence-electron chi connectivity index (χ0n) is 15.1. The first kappa shape index (κ1) is 17.5. The second-order valence-electron chi connectivity index (χ2n) is 5.92. The predicted molar refractivity (Wildman–Crippen MR) is 105 cm³/mol. The third-order valence-electron chi connectivity index (χ3n) is 4.38. The molecule has 0 radical (unpaired) electrons. The van der Waals surface area contributed by atoms with Crippen molar-refractivity contribution >= 4 is 28.7 Å². The highest BCUT2D eigenvalue weighted by Gasteiger charge is 2.09. The van der Waals surface area contributed by atoms with E-state index in [0.29, 0.717) is 5.75 Å². The van der Waals surface area contributed by atoms with Gasteiger partial charge in [0.05, 0.1) is 25.6 Å². The van der Waals surface area contributed by atoms with Gasteiger partial charge in [-0.05, 0) is 25.1 Å². The second-order valence-corrected chi connectivity index (χ2v) is 5.92. The van der Waals surface area contributed by atoms with Crippen LogP contribution in [0.1, 0.15) is 11.3 Å². The molecule has 0 aliphatic carbocycles. The molecule has 3 aromatic rings. The normalized spacial score (nSPS) is 11.0. The van der Waals surface area contributed by atoms with Crippen LogP contribution in [-0.2, 0) is 11.8 Å². The van der Waals surface area contributed by atoms with Crippen molar-refractivity contribution in [3.8, 4) is 5.75 Å². The lowest BCUT2D eigenvalue weighted by Crippen LogP contribution is -2.26. The van der Waals surface area contributed by atoms with Crippen LogP contribution in [0, 0.1) is 6.92 Å². The van der Waals surface area contributed by atoms with E-state index in [9.17, 15) is 4.79 Å². The molecule has 6 heteroatoms. The molecule has 0 aliphatic heterocycles. The lowest BCUT2D eigenvalue weighted by atomic mass is 10.1. The van der Waals surface area contributed by atoms with Crippen LogP contribution in [0.2, 0.25) is 0 Å². The summed E-state index contributed by atoms with van der Waals surface area (Å²) in [5, 5.41) is 8.26. The first-order valence-electron chi connectivity index (χ1n) is 8.34. The number of fused-ring (bicyclic) bond motifs is 1. The first-order chi connectivity index (χ1) is 12.6. The van der Waals surface area contributed by atoms with Crippen molar-refractivity contribution in [1.29, 1.82) is 0 Å². The molecule has 0 saturated carbocycles. The van der Waals surface area contributed by atoms with Gasteiger partial charge < -0.3 is 14.6 Å². The van der Waals surface area contributed by atoms with Crippen molar-refractivity contribution in [1.82, 2.24) is 9.99 Å². The third kappa shape index (κ3) is 3.54. The number of anilines is 1. The fourth-order valence-corrected chi connectivity index (χ4v) is 2.89. The number of hydrazone groups is 1. The van der Waals surface area contributed by atoms with Crippen LogP contribution >= 0.6 is 0 Å². The topological polar surface area (TPSA) is 67.7 Å². The summed E-state index contributed by atoms with van der Waals surface area (Å²) in [7, 11) is 3.61. The van der Waals surface area contributed by atoms with Crippen molar-refractivity contribution in [3.63, 3.8) is 0 Å². The maximum absolute atomic E-state index is 12.0. The largest absolute Gasteiger partial charge is 0.495 e. The number of methoxy groups -OCH3 is 1. The van der Waals surface area contributed by atoms with Gasteiger partial charge >= 0.3 is 0 Å². The number of aromatic nitrogens is 1. The molecule has 2 N–H and O–H groups in total. The van der Waals surface area contributed by atoms with Gasteiger partial charge in [-0.15, -0.1) is 0 Å². The average molecular weight is 350 g/mol. The zero-order chi connectivity index (χ0) is 18.5. The number of carbonyl (C=O) groups excluding carboxylic acids is 1. The van der Waals surface area contributed by atoms with Gasteiger partial charge in [0.1, 0.15) is 5.75 Å². The Bertz CT molecular complexity index is 960. The van der Waals surface area contributed by atoms with E-state index in [0.717, 1.165) is 27.8 Å². The van der Waals surface area contributed by atoms with Crippen molar-refractivity contribution < 1.29 is 9.53 Å². The highest BCUT2D eigenvalue weighted by atomic mass is 16.5. The Morgan fingerprint density at radius 1 is 1.19 bits per heavy atom. The molecule has 0 atom stereocenters. The minimum atomic E-state index is -0.231. The molecule has 3 rings (SSSR count). The summed E-state index contributed by atoms with van der Waals surface area (Å²) in [6, 6.07) is 15.6. The van der Waals surface area contributed by atoms with Crippen LogP contribution in [0.5, 0.6) is 5.75 Å². The summed E-state index contributed by atoms with van der Waals surface area (Å²) < 4.78 is 7.36.